The van der Waals surface area contributed by atoms with Crippen molar-refractivity contribution < 1.29 is 14.6 Å². The first-order valence-electron chi connectivity index (χ1n) is 5.24. The van der Waals surface area contributed by atoms with E-state index in [9.17, 15) is 9.90 Å². The smallest absolute Gasteiger partial charge is 0.328 e. The largest absolute Gasteiger partial charge is 0.480 e. The number of ether oxygens (including phenoxy) is 1. The first-order valence-corrected chi connectivity index (χ1v) is 6.32. The Morgan fingerprint density at radius 3 is 2.53 bits per heavy atom. The molecule has 0 saturated heterocycles. The molecular formula is C12H16INO3. The monoisotopic (exact) mass is 349 g/mol. The zero-order valence-electron chi connectivity index (χ0n) is 9.87. The lowest BCUT2D eigenvalue weighted by molar-refractivity contribution is -0.144. The molecule has 0 aliphatic rings. The molecule has 0 aromatic heterocycles. The third-order valence-corrected chi connectivity index (χ3v) is 3.35. The van der Waals surface area contributed by atoms with Crippen LogP contribution in [-0.4, -0.2) is 31.3 Å². The minimum atomic E-state index is -1.08. The van der Waals surface area contributed by atoms with Crippen LogP contribution >= 0.6 is 22.6 Å². The van der Waals surface area contributed by atoms with Gasteiger partial charge in [0.1, 0.15) is 5.54 Å². The minimum absolute atomic E-state index is 0.479. The quantitative estimate of drug-likeness (QED) is 0.608. The molecule has 94 valence electrons. The van der Waals surface area contributed by atoms with Crippen LogP contribution in [0.1, 0.15) is 12.5 Å². The van der Waals surface area contributed by atoms with Crippen molar-refractivity contribution in [1.29, 1.82) is 0 Å². The number of aliphatic carboxylic acids is 1. The third kappa shape index (κ3) is 3.65. The van der Waals surface area contributed by atoms with Crippen molar-refractivity contribution in [2.45, 2.75) is 12.5 Å². The highest BCUT2D eigenvalue weighted by atomic mass is 127. The molecule has 2 N–H and O–H groups in total. The molecular weight excluding hydrogens is 333 g/mol. The van der Waals surface area contributed by atoms with E-state index < -0.39 is 11.5 Å². The van der Waals surface area contributed by atoms with Gasteiger partial charge in [0, 0.05) is 17.2 Å². The summed E-state index contributed by atoms with van der Waals surface area (Å²) in [5.41, 5.74) is -0.343. The molecule has 4 nitrogen and oxygen atoms in total. The molecule has 0 aliphatic carbocycles. The fourth-order valence-electron chi connectivity index (χ4n) is 1.49. The van der Waals surface area contributed by atoms with Crippen molar-refractivity contribution in [3.05, 3.63) is 33.4 Å². The van der Waals surface area contributed by atoms with Crippen LogP contribution in [0.4, 0.5) is 0 Å². The van der Waals surface area contributed by atoms with Crippen molar-refractivity contribution in [3.63, 3.8) is 0 Å². The summed E-state index contributed by atoms with van der Waals surface area (Å²) >= 11 is 2.19. The van der Waals surface area contributed by atoms with E-state index in [1.807, 2.05) is 24.3 Å². The number of carboxylic acid groups (broad SMARTS) is 1. The second-order valence-electron chi connectivity index (χ2n) is 3.86. The average Bonchev–Trinajstić information content (AvgIpc) is 2.29. The molecule has 0 aliphatic heterocycles. The zero-order valence-corrected chi connectivity index (χ0v) is 12.0. The first kappa shape index (κ1) is 14.4. The summed E-state index contributed by atoms with van der Waals surface area (Å²) in [6.45, 7) is 2.63. The molecule has 1 rings (SSSR count). The number of rotatable bonds is 6. The van der Waals surface area contributed by atoms with Gasteiger partial charge < -0.3 is 9.84 Å². The fourth-order valence-corrected chi connectivity index (χ4v) is 1.85. The van der Waals surface area contributed by atoms with Gasteiger partial charge in [0.2, 0.25) is 0 Å². The molecule has 1 aromatic carbocycles. The molecule has 5 heteroatoms. The lowest BCUT2D eigenvalue weighted by Gasteiger charge is -2.26. The summed E-state index contributed by atoms with van der Waals surface area (Å²) in [4.78, 5) is 11.4. The Morgan fingerprint density at radius 1 is 1.47 bits per heavy atom. The summed E-state index contributed by atoms with van der Waals surface area (Å²) in [5.74, 6) is -0.894. The number of methoxy groups -OCH3 is 1. The van der Waals surface area contributed by atoms with Gasteiger partial charge in [0.15, 0.2) is 0 Å². The zero-order chi connectivity index (χ0) is 12.9. The van der Waals surface area contributed by atoms with Crippen LogP contribution in [0.5, 0.6) is 0 Å². The maximum Gasteiger partial charge on any atom is 0.328 e. The Morgan fingerprint density at radius 2 is 2.06 bits per heavy atom. The van der Waals surface area contributed by atoms with Gasteiger partial charge in [-0.2, -0.15) is 0 Å². The molecule has 17 heavy (non-hydrogen) atoms. The lowest BCUT2D eigenvalue weighted by atomic mass is 9.92. The summed E-state index contributed by atoms with van der Waals surface area (Å²) in [6, 6.07) is 7.45. The van der Waals surface area contributed by atoms with E-state index in [2.05, 4.69) is 27.9 Å². The first-order chi connectivity index (χ1) is 8.00. The van der Waals surface area contributed by atoms with Crippen LogP contribution < -0.4 is 5.32 Å². The van der Waals surface area contributed by atoms with Crippen LogP contribution in [0.25, 0.3) is 0 Å². The van der Waals surface area contributed by atoms with E-state index in [1.165, 1.54) is 0 Å². The van der Waals surface area contributed by atoms with Gasteiger partial charge in [-0.3, -0.25) is 5.32 Å². The van der Waals surface area contributed by atoms with E-state index in [-0.39, 0.29) is 0 Å². The van der Waals surface area contributed by atoms with E-state index in [4.69, 9.17) is 4.74 Å². The topological polar surface area (TPSA) is 58.6 Å². The molecule has 0 amide bonds. The van der Waals surface area contributed by atoms with Crippen molar-refractivity contribution >= 4 is 28.6 Å². The molecule has 1 unspecified atom stereocenters. The minimum Gasteiger partial charge on any atom is -0.480 e. The third-order valence-electron chi connectivity index (χ3n) is 2.63. The van der Waals surface area contributed by atoms with E-state index in [0.717, 1.165) is 9.13 Å². The van der Waals surface area contributed by atoms with Crippen molar-refractivity contribution in [2.75, 3.05) is 20.3 Å². The number of hydrogen-bond acceptors (Lipinski definition) is 3. The van der Waals surface area contributed by atoms with Crippen LogP contribution in [0, 0.1) is 3.57 Å². The van der Waals surface area contributed by atoms with Crippen LogP contribution in [0.15, 0.2) is 24.3 Å². The molecule has 0 saturated carbocycles. The van der Waals surface area contributed by atoms with E-state index in [0.29, 0.717) is 13.2 Å². The van der Waals surface area contributed by atoms with Gasteiger partial charge >= 0.3 is 5.97 Å². The van der Waals surface area contributed by atoms with Gasteiger partial charge in [-0.15, -0.1) is 0 Å². The summed E-state index contributed by atoms with van der Waals surface area (Å²) in [5, 5.41) is 12.4. The van der Waals surface area contributed by atoms with Crippen LogP contribution in [-0.2, 0) is 15.1 Å². The standard InChI is InChI=1S/C12H16INO3/c1-12(11(15)16,14-7-8-17-2)9-3-5-10(13)6-4-9/h3-6,14H,7-8H2,1-2H3,(H,15,16). The lowest BCUT2D eigenvalue weighted by Crippen LogP contribution is -2.47. The number of hydrogen-bond donors (Lipinski definition) is 2. The number of carboxylic acids is 1. The molecule has 1 atom stereocenters. The van der Waals surface area contributed by atoms with E-state index in [1.54, 1.807) is 14.0 Å². The molecule has 1 aromatic rings. The van der Waals surface area contributed by atoms with Gasteiger partial charge in [0.25, 0.3) is 0 Å². The fraction of sp³-hybridized carbons (Fsp3) is 0.417. The van der Waals surface area contributed by atoms with Gasteiger partial charge in [0.05, 0.1) is 6.61 Å². The Hall–Kier alpha value is -0.660. The SMILES string of the molecule is COCCNC(C)(C(=O)O)c1ccc(I)cc1. The molecule has 0 bridgehead atoms. The van der Waals surface area contributed by atoms with Crippen molar-refractivity contribution in [1.82, 2.24) is 5.32 Å². The highest BCUT2D eigenvalue weighted by Crippen LogP contribution is 2.22. The van der Waals surface area contributed by atoms with E-state index >= 15 is 0 Å². The maximum atomic E-state index is 11.4. The Kier molecular flexibility index (Phi) is 5.35. The Bertz CT molecular complexity index is 380. The van der Waals surface area contributed by atoms with Crippen LogP contribution in [0.2, 0.25) is 0 Å². The molecule has 0 fully saturated rings. The second-order valence-corrected chi connectivity index (χ2v) is 5.10. The number of carbonyl (C=O) groups is 1. The van der Waals surface area contributed by atoms with Gasteiger partial charge in [-0.05, 0) is 47.2 Å². The Labute approximate surface area is 115 Å². The van der Waals surface area contributed by atoms with Crippen LogP contribution in [0.3, 0.4) is 0 Å². The average molecular weight is 349 g/mol. The number of benzene rings is 1. The highest BCUT2D eigenvalue weighted by molar-refractivity contribution is 14.1. The highest BCUT2D eigenvalue weighted by Gasteiger charge is 2.34. The summed E-state index contributed by atoms with van der Waals surface area (Å²) in [6.07, 6.45) is 0. The summed E-state index contributed by atoms with van der Waals surface area (Å²) in [7, 11) is 1.59. The second kappa shape index (κ2) is 6.32. The van der Waals surface area contributed by atoms with Crippen molar-refractivity contribution in [2.24, 2.45) is 0 Å². The molecule has 0 spiro atoms. The predicted octanol–water partition coefficient (Wildman–Crippen LogP) is 1.83. The number of nitrogens with one attached hydrogen (secondary N) is 1. The number of halogens is 1. The Balaban J connectivity index is 2.90. The van der Waals surface area contributed by atoms with Gasteiger partial charge in [-0.1, -0.05) is 12.1 Å². The summed E-state index contributed by atoms with van der Waals surface area (Å²) < 4.78 is 5.99. The molecule has 0 radical (unpaired) electrons. The van der Waals surface area contributed by atoms with Gasteiger partial charge in [-0.25, -0.2) is 4.79 Å². The van der Waals surface area contributed by atoms with Crippen molar-refractivity contribution in [3.8, 4) is 0 Å². The normalized spacial score (nSPS) is 14.3. The molecule has 0 heterocycles. The predicted molar refractivity (Wildman–Crippen MR) is 74.0 cm³/mol. The maximum absolute atomic E-state index is 11.4.